The minimum Gasteiger partial charge on any atom is -0.342 e. The zero-order valence-corrected chi connectivity index (χ0v) is 10.3. The van der Waals surface area contributed by atoms with Gasteiger partial charge in [-0.15, -0.1) is 12.4 Å². The highest BCUT2D eigenvalue weighted by Crippen LogP contribution is 2.22. The van der Waals surface area contributed by atoms with Gasteiger partial charge >= 0.3 is 0 Å². The number of hydrogen-bond donors (Lipinski definition) is 2. The maximum absolute atomic E-state index is 5.68. The van der Waals surface area contributed by atoms with E-state index in [4.69, 9.17) is 5.73 Å². The van der Waals surface area contributed by atoms with Crippen molar-refractivity contribution in [1.29, 1.82) is 0 Å². The molecule has 0 bridgehead atoms. The quantitative estimate of drug-likeness (QED) is 0.843. The van der Waals surface area contributed by atoms with Crippen LogP contribution in [-0.4, -0.2) is 34.6 Å². The number of imidazole rings is 1. The number of aromatic nitrogens is 3. The van der Waals surface area contributed by atoms with Gasteiger partial charge in [0.2, 0.25) is 5.95 Å². The van der Waals surface area contributed by atoms with Crippen LogP contribution in [-0.2, 0) is 0 Å². The van der Waals surface area contributed by atoms with Crippen molar-refractivity contribution in [3.05, 3.63) is 18.3 Å². The summed E-state index contributed by atoms with van der Waals surface area (Å²) in [5.74, 6) is 1.52. The first-order valence-electron chi connectivity index (χ1n) is 5.62. The topological polar surface area (TPSA) is 70.8 Å². The van der Waals surface area contributed by atoms with Crippen LogP contribution in [0.1, 0.15) is 6.42 Å². The number of nitrogens with two attached hydrogens (primary N) is 1. The van der Waals surface area contributed by atoms with Crippen LogP contribution in [0.5, 0.6) is 0 Å². The SMILES string of the molecule is Cl.NCC1CCN(c2nc3ncccc3[nH]2)C1. The summed E-state index contributed by atoms with van der Waals surface area (Å²) < 4.78 is 0. The standard InChI is InChI=1S/C11H15N5.ClH/c12-6-8-3-5-16(7-8)11-14-9-2-1-4-13-10(9)15-11;/h1-2,4,8H,3,5-7,12H2,(H,13,14,15);1H. The first kappa shape index (κ1) is 12.1. The summed E-state index contributed by atoms with van der Waals surface area (Å²) in [6.45, 7) is 2.78. The predicted octanol–water partition coefficient (Wildman–Crippen LogP) is 1.16. The molecular weight excluding hydrogens is 238 g/mol. The highest BCUT2D eigenvalue weighted by atomic mass is 35.5. The Morgan fingerprint density at radius 2 is 2.41 bits per heavy atom. The second-order valence-corrected chi connectivity index (χ2v) is 4.27. The summed E-state index contributed by atoms with van der Waals surface area (Å²) in [6, 6.07) is 3.91. The van der Waals surface area contributed by atoms with E-state index in [1.54, 1.807) is 6.20 Å². The molecule has 2 aromatic rings. The molecule has 0 radical (unpaired) electrons. The molecule has 0 saturated carbocycles. The molecule has 17 heavy (non-hydrogen) atoms. The lowest BCUT2D eigenvalue weighted by atomic mass is 10.1. The molecule has 1 fully saturated rings. The third-order valence-corrected chi connectivity index (χ3v) is 3.16. The van der Waals surface area contributed by atoms with Crippen LogP contribution in [0.15, 0.2) is 18.3 Å². The third-order valence-electron chi connectivity index (χ3n) is 3.16. The van der Waals surface area contributed by atoms with Crippen molar-refractivity contribution >= 4 is 29.5 Å². The summed E-state index contributed by atoms with van der Waals surface area (Å²) in [5.41, 5.74) is 7.46. The van der Waals surface area contributed by atoms with E-state index < -0.39 is 0 Å². The van der Waals surface area contributed by atoms with Crippen molar-refractivity contribution in [2.24, 2.45) is 11.7 Å². The molecule has 1 aliphatic rings. The van der Waals surface area contributed by atoms with E-state index in [-0.39, 0.29) is 12.4 Å². The summed E-state index contributed by atoms with van der Waals surface area (Å²) in [6.07, 6.45) is 2.92. The fraction of sp³-hybridized carbons (Fsp3) is 0.455. The Kier molecular flexibility index (Phi) is 3.49. The van der Waals surface area contributed by atoms with Crippen molar-refractivity contribution in [2.75, 3.05) is 24.5 Å². The molecule has 1 saturated heterocycles. The molecule has 1 atom stereocenters. The van der Waals surface area contributed by atoms with Crippen molar-refractivity contribution in [2.45, 2.75) is 6.42 Å². The maximum Gasteiger partial charge on any atom is 0.205 e. The van der Waals surface area contributed by atoms with Gasteiger partial charge in [-0.25, -0.2) is 4.98 Å². The highest BCUT2D eigenvalue weighted by molar-refractivity contribution is 5.85. The smallest absolute Gasteiger partial charge is 0.205 e. The Hall–Kier alpha value is -1.33. The third kappa shape index (κ3) is 2.21. The van der Waals surface area contributed by atoms with Gasteiger partial charge in [-0.05, 0) is 31.0 Å². The monoisotopic (exact) mass is 253 g/mol. The van der Waals surface area contributed by atoms with E-state index in [1.807, 2.05) is 12.1 Å². The number of pyridine rings is 1. The van der Waals surface area contributed by atoms with Gasteiger partial charge < -0.3 is 15.6 Å². The van der Waals surface area contributed by atoms with E-state index in [1.165, 1.54) is 0 Å². The normalized spacial score (nSPS) is 19.6. The van der Waals surface area contributed by atoms with Crippen molar-refractivity contribution in [3.8, 4) is 0 Å². The van der Waals surface area contributed by atoms with Crippen molar-refractivity contribution in [3.63, 3.8) is 0 Å². The van der Waals surface area contributed by atoms with Crippen LogP contribution < -0.4 is 10.6 Å². The highest BCUT2D eigenvalue weighted by Gasteiger charge is 2.23. The van der Waals surface area contributed by atoms with Gasteiger partial charge in [0.1, 0.15) is 0 Å². The van der Waals surface area contributed by atoms with Crippen LogP contribution in [0.3, 0.4) is 0 Å². The molecule has 3 rings (SSSR count). The number of halogens is 1. The van der Waals surface area contributed by atoms with Crippen LogP contribution in [0.4, 0.5) is 5.95 Å². The minimum absolute atomic E-state index is 0. The second kappa shape index (κ2) is 4.89. The van der Waals surface area contributed by atoms with Crippen LogP contribution in [0, 0.1) is 5.92 Å². The molecule has 0 aliphatic carbocycles. The molecule has 0 spiro atoms. The number of nitrogens with zero attached hydrogens (tertiary/aromatic N) is 3. The number of anilines is 1. The molecular formula is C11H16ClN5. The zero-order chi connectivity index (χ0) is 11.0. The summed E-state index contributed by atoms with van der Waals surface area (Å²) in [7, 11) is 0. The van der Waals surface area contributed by atoms with Gasteiger partial charge in [-0.1, -0.05) is 0 Å². The largest absolute Gasteiger partial charge is 0.342 e. The van der Waals surface area contributed by atoms with Gasteiger partial charge in [0.25, 0.3) is 0 Å². The van der Waals surface area contributed by atoms with E-state index in [2.05, 4.69) is 19.9 Å². The summed E-state index contributed by atoms with van der Waals surface area (Å²) in [4.78, 5) is 14.2. The Morgan fingerprint density at radius 3 is 3.12 bits per heavy atom. The zero-order valence-electron chi connectivity index (χ0n) is 9.47. The van der Waals surface area contributed by atoms with Gasteiger partial charge in [0.05, 0.1) is 5.52 Å². The Morgan fingerprint density at radius 1 is 1.53 bits per heavy atom. The van der Waals surface area contributed by atoms with Crippen molar-refractivity contribution < 1.29 is 0 Å². The number of rotatable bonds is 2. The average molecular weight is 254 g/mol. The van der Waals surface area contributed by atoms with Gasteiger partial charge in [0, 0.05) is 19.3 Å². The van der Waals surface area contributed by atoms with Crippen molar-refractivity contribution in [1.82, 2.24) is 15.0 Å². The van der Waals surface area contributed by atoms with E-state index in [0.29, 0.717) is 5.92 Å². The molecule has 0 amide bonds. The van der Waals surface area contributed by atoms with Crippen LogP contribution in [0.2, 0.25) is 0 Å². The summed E-state index contributed by atoms with van der Waals surface area (Å²) >= 11 is 0. The van der Waals surface area contributed by atoms with Crippen LogP contribution >= 0.6 is 12.4 Å². The number of nitrogens with one attached hydrogen (secondary N) is 1. The summed E-state index contributed by atoms with van der Waals surface area (Å²) in [5, 5.41) is 0. The Labute approximate surface area is 106 Å². The van der Waals surface area contributed by atoms with E-state index in [0.717, 1.165) is 43.2 Å². The average Bonchev–Trinajstić information content (AvgIpc) is 2.95. The molecule has 1 unspecified atom stereocenters. The van der Waals surface area contributed by atoms with E-state index in [9.17, 15) is 0 Å². The number of aromatic amines is 1. The van der Waals surface area contributed by atoms with Gasteiger partial charge in [-0.2, -0.15) is 4.98 Å². The molecule has 2 aromatic heterocycles. The lowest BCUT2D eigenvalue weighted by molar-refractivity contribution is 0.602. The first-order valence-corrected chi connectivity index (χ1v) is 5.62. The predicted molar refractivity (Wildman–Crippen MR) is 70.5 cm³/mol. The molecule has 3 heterocycles. The Bertz CT molecular complexity index is 464. The number of H-pyrrole nitrogens is 1. The molecule has 5 nitrogen and oxygen atoms in total. The number of fused-ring (bicyclic) bond motifs is 1. The molecule has 6 heteroatoms. The van der Waals surface area contributed by atoms with E-state index >= 15 is 0 Å². The first-order chi connectivity index (χ1) is 7.86. The number of hydrogen-bond acceptors (Lipinski definition) is 4. The lowest BCUT2D eigenvalue weighted by Crippen LogP contribution is -2.23. The molecule has 3 N–H and O–H groups in total. The minimum atomic E-state index is 0. The molecule has 1 aliphatic heterocycles. The van der Waals surface area contributed by atoms with Gasteiger partial charge in [0.15, 0.2) is 5.65 Å². The van der Waals surface area contributed by atoms with Crippen LogP contribution in [0.25, 0.3) is 11.2 Å². The van der Waals surface area contributed by atoms with Gasteiger partial charge in [-0.3, -0.25) is 0 Å². The maximum atomic E-state index is 5.68. The molecule has 0 aromatic carbocycles. The Balaban J connectivity index is 0.00000108. The molecule has 92 valence electrons. The second-order valence-electron chi connectivity index (χ2n) is 4.27. The fourth-order valence-electron chi connectivity index (χ4n) is 2.20. The fourth-order valence-corrected chi connectivity index (χ4v) is 2.20. The lowest BCUT2D eigenvalue weighted by Gasteiger charge is -2.13.